The van der Waals surface area contributed by atoms with E-state index >= 15 is 0 Å². The van der Waals surface area contributed by atoms with E-state index in [0.29, 0.717) is 0 Å². The van der Waals surface area contributed by atoms with Gasteiger partial charge < -0.3 is 0 Å². The lowest BCUT2D eigenvalue weighted by molar-refractivity contribution is -0.126. The van der Waals surface area contributed by atoms with Crippen LogP contribution >= 0.6 is 15.9 Å². The minimum atomic E-state index is 0.0322. The molecule has 1 aliphatic rings. The molecule has 1 saturated heterocycles. The summed E-state index contributed by atoms with van der Waals surface area (Å²) >= 11 is 3.47. The largest absolute Gasteiger partial charge is 0.299 e. The Morgan fingerprint density at radius 3 is 2.37 bits per heavy atom. The van der Waals surface area contributed by atoms with E-state index in [-0.39, 0.29) is 11.8 Å². The zero-order valence-electron chi connectivity index (χ0n) is 15.9. The number of nitrogens with one attached hydrogen (secondary N) is 1. The molecule has 4 nitrogen and oxygen atoms in total. The molecule has 0 aliphatic carbocycles. The Morgan fingerprint density at radius 2 is 1.74 bits per heavy atom. The molecular formula is C22H26BrN3O. The van der Waals surface area contributed by atoms with Gasteiger partial charge in [-0.2, -0.15) is 5.10 Å². The van der Waals surface area contributed by atoms with Crippen LogP contribution in [0.5, 0.6) is 0 Å². The van der Waals surface area contributed by atoms with Crippen molar-refractivity contribution in [1.82, 2.24) is 10.3 Å². The lowest BCUT2D eigenvalue weighted by Crippen LogP contribution is -2.39. The number of benzene rings is 2. The summed E-state index contributed by atoms with van der Waals surface area (Å²) < 4.78 is 1.10. The van der Waals surface area contributed by atoms with Gasteiger partial charge in [0.1, 0.15) is 0 Å². The van der Waals surface area contributed by atoms with Crippen LogP contribution in [0.1, 0.15) is 36.5 Å². The number of rotatable bonds is 5. The van der Waals surface area contributed by atoms with Gasteiger partial charge in [0.2, 0.25) is 5.91 Å². The summed E-state index contributed by atoms with van der Waals surface area (Å²) in [6.07, 6.45) is 1.75. The van der Waals surface area contributed by atoms with Crippen molar-refractivity contribution in [3.63, 3.8) is 0 Å². The number of carbonyl (C=O) groups is 1. The first-order valence-electron chi connectivity index (χ1n) is 9.39. The highest BCUT2D eigenvalue weighted by atomic mass is 79.9. The number of piperidine rings is 1. The molecule has 5 heteroatoms. The van der Waals surface area contributed by atoms with Crippen LogP contribution in [0, 0.1) is 12.8 Å². The molecule has 142 valence electrons. The highest BCUT2D eigenvalue weighted by Crippen LogP contribution is 2.20. The molecule has 0 bridgehead atoms. The molecule has 0 radical (unpaired) electrons. The fourth-order valence-electron chi connectivity index (χ4n) is 3.29. The minimum absolute atomic E-state index is 0.0322. The normalized spacial score (nSPS) is 16.3. The molecule has 3 rings (SSSR count). The maximum absolute atomic E-state index is 12.4. The minimum Gasteiger partial charge on any atom is -0.299 e. The van der Waals surface area contributed by atoms with Gasteiger partial charge in [-0.15, -0.1) is 0 Å². The lowest BCUT2D eigenvalue weighted by atomic mass is 9.96. The van der Waals surface area contributed by atoms with Gasteiger partial charge in [0, 0.05) is 16.9 Å². The van der Waals surface area contributed by atoms with Gasteiger partial charge in [-0.1, -0.05) is 57.9 Å². The standard InChI is InChI=1S/C22H26BrN3O/c1-16-3-7-19(8-4-16)17(2)24-25-22(27)20-11-13-26(14-12-20)15-18-5-9-21(23)10-6-18/h3-10,20H,11-15H2,1-2H3,(H,25,27)/b24-17+. The highest BCUT2D eigenvalue weighted by molar-refractivity contribution is 9.10. The number of carbonyl (C=O) groups excluding carboxylic acids is 1. The first kappa shape index (κ1) is 19.8. The van der Waals surface area contributed by atoms with Crippen LogP contribution in [0.2, 0.25) is 0 Å². The van der Waals surface area contributed by atoms with Gasteiger partial charge in [0.05, 0.1) is 5.71 Å². The maximum atomic E-state index is 12.4. The van der Waals surface area contributed by atoms with Gasteiger partial charge in [0.15, 0.2) is 0 Å². The second-order valence-electron chi connectivity index (χ2n) is 7.22. The van der Waals surface area contributed by atoms with E-state index < -0.39 is 0 Å². The van der Waals surface area contributed by atoms with Crippen LogP contribution in [0.3, 0.4) is 0 Å². The molecule has 0 aromatic heterocycles. The van der Waals surface area contributed by atoms with Crippen molar-refractivity contribution >= 4 is 27.5 Å². The molecule has 1 aliphatic heterocycles. The monoisotopic (exact) mass is 427 g/mol. The van der Waals surface area contributed by atoms with Gasteiger partial charge in [-0.05, 0) is 63.0 Å². The van der Waals surface area contributed by atoms with E-state index in [1.54, 1.807) is 0 Å². The number of nitrogens with zero attached hydrogens (tertiary/aromatic N) is 2. The van der Waals surface area contributed by atoms with E-state index in [4.69, 9.17) is 0 Å². The summed E-state index contributed by atoms with van der Waals surface area (Å²) in [5.41, 5.74) is 7.14. The molecule has 2 aromatic carbocycles. The number of halogens is 1. The summed E-state index contributed by atoms with van der Waals surface area (Å²) in [4.78, 5) is 14.9. The molecule has 0 atom stereocenters. The second kappa shape index (κ2) is 9.29. The highest BCUT2D eigenvalue weighted by Gasteiger charge is 2.24. The average molecular weight is 428 g/mol. The molecule has 1 heterocycles. The van der Waals surface area contributed by atoms with Crippen molar-refractivity contribution in [3.05, 3.63) is 69.7 Å². The number of amides is 1. The smallest absolute Gasteiger partial charge is 0.243 e. The number of hydrogen-bond acceptors (Lipinski definition) is 3. The van der Waals surface area contributed by atoms with Gasteiger partial charge in [-0.25, -0.2) is 5.43 Å². The fourth-order valence-corrected chi connectivity index (χ4v) is 3.56. The van der Waals surface area contributed by atoms with Gasteiger partial charge in [-0.3, -0.25) is 9.69 Å². The van der Waals surface area contributed by atoms with Crippen LogP contribution in [-0.2, 0) is 11.3 Å². The molecule has 0 saturated carbocycles. The lowest BCUT2D eigenvalue weighted by Gasteiger charge is -2.30. The molecule has 0 spiro atoms. The van der Waals surface area contributed by atoms with Crippen molar-refractivity contribution < 1.29 is 4.79 Å². The van der Waals surface area contributed by atoms with Gasteiger partial charge >= 0.3 is 0 Å². The van der Waals surface area contributed by atoms with Crippen LogP contribution < -0.4 is 5.43 Å². The maximum Gasteiger partial charge on any atom is 0.243 e. The topological polar surface area (TPSA) is 44.7 Å². The molecule has 1 N–H and O–H groups in total. The first-order chi connectivity index (χ1) is 13.0. The summed E-state index contributed by atoms with van der Waals surface area (Å²) in [6, 6.07) is 16.6. The zero-order chi connectivity index (χ0) is 19.2. The summed E-state index contributed by atoms with van der Waals surface area (Å²) in [5, 5.41) is 4.29. The summed E-state index contributed by atoms with van der Waals surface area (Å²) in [7, 11) is 0. The van der Waals surface area contributed by atoms with E-state index in [1.807, 2.05) is 19.1 Å². The van der Waals surface area contributed by atoms with Crippen molar-refractivity contribution in [2.45, 2.75) is 33.2 Å². The molecule has 2 aromatic rings. The SMILES string of the molecule is C/C(=N\NC(=O)C1CCN(Cc2ccc(Br)cc2)CC1)c1ccc(C)cc1. The average Bonchev–Trinajstić information content (AvgIpc) is 2.69. The Morgan fingerprint density at radius 1 is 1.11 bits per heavy atom. The Hall–Kier alpha value is -1.98. The Bertz CT molecular complexity index is 791. The first-order valence-corrected chi connectivity index (χ1v) is 10.2. The third-order valence-corrected chi connectivity index (χ3v) is 5.61. The number of hydrogen-bond donors (Lipinski definition) is 1. The predicted molar refractivity (Wildman–Crippen MR) is 114 cm³/mol. The Kier molecular flexibility index (Phi) is 6.80. The zero-order valence-corrected chi connectivity index (χ0v) is 17.5. The van der Waals surface area contributed by atoms with E-state index in [9.17, 15) is 4.79 Å². The van der Waals surface area contributed by atoms with Crippen molar-refractivity contribution in [3.8, 4) is 0 Å². The molecule has 1 amide bonds. The number of hydrazone groups is 1. The third kappa shape index (κ3) is 5.75. The van der Waals surface area contributed by atoms with Crippen LogP contribution in [0.4, 0.5) is 0 Å². The Labute approximate surface area is 169 Å². The third-order valence-electron chi connectivity index (χ3n) is 5.08. The molecule has 27 heavy (non-hydrogen) atoms. The summed E-state index contributed by atoms with van der Waals surface area (Å²) in [6.45, 7) is 6.79. The van der Waals surface area contributed by atoms with Crippen molar-refractivity contribution in [1.29, 1.82) is 0 Å². The number of aryl methyl sites for hydroxylation is 1. The van der Waals surface area contributed by atoms with E-state index in [0.717, 1.165) is 48.2 Å². The summed E-state index contributed by atoms with van der Waals surface area (Å²) in [5.74, 6) is 0.0745. The van der Waals surface area contributed by atoms with Crippen LogP contribution in [-0.4, -0.2) is 29.6 Å². The second-order valence-corrected chi connectivity index (χ2v) is 8.13. The number of likely N-dealkylation sites (tertiary alicyclic amines) is 1. The Balaban J connectivity index is 1.47. The van der Waals surface area contributed by atoms with Crippen LogP contribution in [0.25, 0.3) is 0 Å². The van der Waals surface area contributed by atoms with Crippen molar-refractivity contribution in [2.75, 3.05) is 13.1 Å². The van der Waals surface area contributed by atoms with Gasteiger partial charge in [0.25, 0.3) is 0 Å². The molecular weight excluding hydrogens is 402 g/mol. The predicted octanol–water partition coefficient (Wildman–Crippen LogP) is 4.51. The quantitative estimate of drug-likeness (QED) is 0.563. The van der Waals surface area contributed by atoms with E-state index in [1.165, 1.54) is 11.1 Å². The van der Waals surface area contributed by atoms with Crippen LogP contribution in [0.15, 0.2) is 58.1 Å². The molecule has 0 unspecified atom stereocenters. The fraction of sp³-hybridized carbons (Fsp3) is 0.364. The van der Waals surface area contributed by atoms with E-state index in [2.05, 4.69) is 74.7 Å². The molecule has 1 fully saturated rings. The van der Waals surface area contributed by atoms with Crippen molar-refractivity contribution in [2.24, 2.45) is 11.0 Å².